The maximum absolute atomic E-state index is 8.61. The first kappa shape index (κ1) is 13.2. The lowest BCUT2D eigenvalue weighted by Crippen LogP contribution is -3.14. The van der Waals surface area contributed by atoms with E-state index in [1.165, 1.54) is 16.2 Å². The van der Waals surface area contributed by atoms with Gasteiger partial charge in [-0.2, -0.15) is 5.26 Å². The molecule has 4 heteroatoms. The number of nitrogens with zero attached hydrogens (tertiary/aromatic N) is 2. The van der Waals surface area contributed by atoms with Gasteiger partial charge in [0.25, 0.3) is 0 Å². The Bertz CT molecular complexity index is 445. The zero-order chi connectivity index (χ0) is 13.0. The first-order valence-electron chi connectivity index (χ1n) is 6.42. The summed E-state index contributed by atoms with van der Waals surface area (Å²) in [7, 11) is 0. The molecule has 96 valence electrons. The largest absolute Gasteiger partial charge is 0.360 e. The van der Waals surface area contributed by atoms with Crippen molar-refractivity contribution in [1.29, 1.82) is 5.26 Å². The van der Waals surface area contributed by atoms with Crippen LogP contribution in [0.4, 0.5) is 5.69 Å². The molecular formula is C14H19ClN3+. The molecule has 0 radical (unpaired) electrons. The van der Waals surface area contributed by atoms with Gasteiger partial charge in [0.2, 0.25) is 0 Å². The summed E-state index contributed by atoms with van der Waals surface area (Å²) < 4.78 is 0. The Balaban J connectivity index is 1.97. The molecule has 0 unspecified atom stereocenters. The Morgan fingerprint density at radius 1 is 1.39 bits per heavy atom. The number of piperazine rings is 1. The van der Waals surface area contributed by atoms with E-state index in [-0.39, 0.29) is 0 Å². The van der Waals surface area contributed by atoms with Gasteiger partial charge in [0.15, 0.2) is 0 Å². The van der Waals surface area contributed by atoms with Crippen molar-refractivity contribution in [3.63, 3.8) is 0 Å². The maximum Gasteiger partial charge on any atom is 0.0949 e. The van der Waals surface area contributed by atoms with Gasteiger partial charge in [-0.05, 0) is 24.6 Å². The predicted octanol–water partition coefficient (Wildman–Crippen LogP) is 1.27. The van der Waals surface area contributed by atoms with Crippen LogP contribution in [0.3, 0.4) is 0 Å². The van der Waals surface area contributed by atoms with Crippen molar-refractivity contribution < 1.29 is 4.90 Å². The molecule has 1 N–H and O–H groups in total. The highest BCUT2D eigenvalue weighted by Crippen LogP contribution is 2.24. The first-order valence-corrected chi connectivity index (χ1v) is 6.80. The highest BCUT2D eigenvalue weighted by molar-refractivity contribution is 6.30. The van der Waals surface area contributed by atoms with Gasteiger partial charge in [-0.15, -0.1) is 0 Å². The van der Waals surface area contributed by atoms with Crippen LogP contribution in [0.2, 0.25) is 5.02 Å². The molecule has 0 aromatic heterocycles. The predicted molar refractivity (Wildman–Crippen MR) is 74.2 cm³/mol. The lowest BCUT2D eigenvalue weighted by Gasteiger charge is -2.34. The summed E-state index contributed by atoms with van der Waals surface area (Å²) in [5, 5.41) is 9.41. The number of rotatable bonds is 3. The summed E-state index contributed by atoms with van der Waals surface area (Å²) >= 11 is 6.07. The number of quaternary nitrogens is 1. The van der Waals surface area contributed by atoms with E-state index in [2.05, 4.69) is 30.0 Å². The third-order valence-corrected chi connectivity index (χ3v) is 3.81. The number of nitrogens with one attached hydrogen (secondary N) is 1. The fraction of sp³-hybridized carbons (Fsp3) is 0.500. The van der Waals surface area contributed by atoms with Gasteiger partial charge in [0.05, 0.1) is 45.2 Å². The van der Waals surface area contributed by atoms with E-state index < -0.39 is 0 Å². The van der Waals surface area contributed by atoms with Gasteiger partial charge in [-0.1, -0.05) is 17.7 Å². The SMILES string of the molecule is Cc1ccc(Cl)cc1N1CC[NH+](CCC#N)CC1. The lowest BCUT2D eigenvalue weighted by atomic mass is 10.1. The van der Waals surface area contributed by atoms with Crippen LogP contribution in [0.25, 0.3) is 0 Å². The van der Waals surface area contributed by atoms with E-state index in [1.807, 2.05) is 6.07 Å². The van der Waals surface area contributed by atoms with Crippen LogP contribution in [-0.4, -0.2) is 32.7 Å². The van der Waals surface area contributed by atoms with Crippen LogP contribution in [0.5, 0.6) is 0 Å². The van der Waals surface area contributed by atoms with E-state index in [9.17, 15) is 0 Å². The second-order valence-electron chi connectivity index (χ2n) is 4.83. The first-order chi connectivity index (χ1) is 8.70. The number of benzene rings is 1. The molecule has 3 nitrogen and oxygen atoms in total. The standard InChI is InChI=1S/C14H18ClN3/c1-12-3-4-13(15)11-14(12)18-9-7-17(8-10-18)6-2-5-16/h3-4,11H,2,6-10H2,1H3/p+1. The van der Waals surface area contributed by atoms with E-state index in [0.717, 1.165) is 37.7 Å². The molecule has 1 aromatic rings. The molecule has 1 fully saturated rings. The Kier molecular flexibility index (Phi) is 4.46. The van der Waals surface area contributed by atoms with Crippen molar-refractivity contribution >= 4 is 17.3 Å². The van der Waals surface area contributed by atoms with E-state index >= 15 is 0 Å². The van der Waals surface area contributed by atoms with Crippen LogP contribution in [0.15, 0.2) is 18.2 Å². The number of anilines is 1. The Labute approximate surface area is 114 Å². The summed E-state index contributed by atoms with van der Waals surface area (Å²) in [6.45, 7) is 7.39. The topological polar surface area (TPSA) is 31.5 Å². The molecule has 1 saturated heterocycles. The molecule has 18 heavy (non-hydrogen) atoms. The molecule has 0 atom stereocenters. The minimum absolute atomic E-state index is 0.658. The lowest BCUT2D eigenvalue weighted by molar-refractivity contribution is -0.900. The molecular weight excluding hydrogens is 246 g/mol. The van der Waals surface area contributed by atoms with Crippen molar-refractivity contribution in [3.05, 3.63) is 28.8 Å². The molecule has 0 amide bonds. The third kappa shape index (κ3) is 3.16. The monoisotopic (exact) mass is 264 g/mol. The third-order valence-electron chi connectivity index (χ3n) is 3.57. The highest BCUT2D eigenvalue weighted by Gasteiger charge is 2.20. The maximum atomic E-state index is 8.61. The fourth-order valence-corrected chi connectivity index (χ4v) is 2.64. The minimum Gasteiger partial charge on any atom is -0.360 e. The molecule has 2 rings (SSSR count). The second kappa shape index (κ2) is 6.08. The van der Waals surface area contributed by atoms with Crippen molar-refractivity contribution in [1.82, 2.24) is 0 Å². The average Bonchev–Trinajstić information content (AvgIpc) is 2.40. The van der Waals surface area contributed by atoms with Crippen LogP contribution in [0, 0.1) is 18.3 Å². The summed E-state index contributed by atoms with van der Waals surface area (Å²) in [6.07, 6.45) is 0.658. The van der Waals surface area contributed by atoms with Gasteiger partial charge < -0.3 is 9.80 Å². The highest BCUT2D eigenvalue weighted by atomic mass is 35.5. The van der Waals surface area contributed by atoms with Crippen LogP contribution in [-0.2, 0) is 0 Å². The smallest absolute Gasteiger partial charge is 0.0949 e. The quantitative estimate of drug-likeness (QED) is 0.892. The normalized spacial score (nSPS) is 16.6. The summed E-state index contributed by atoms with van der Waals surface area (Å²) in [4.78, 5) is 3.93. The van der Waals surface area contributed by atoms with Gasteiger partial charge in [-0.3, -0.25) is 0 Å². The number of hydrogen-bond donors (Lipinski definition) is 1. The molecule has 0 spiro atoms. The molecule has 1 aliphatic heterocycles. The van der Waals surface area contributed by atoms with Crippen molar-refractivity contribution in [2.45, 2.75) is 13.3 Å². The van der Waals surface area contributed by atoms with Gasteiger partial charge >= 0.3 is 0 Å². The van der Waals surface area contributed by atoms with Gasteiger partial charge in [0.1, 0.15) is 0 Å². The van der Waals surface area contributed by atoms with Crippen LogP contribution >= 0.6 is 11.6 Å². The van der Waals surface area contributed by atoms with Gasteiger partial charge in [-0.25, -0.2) is 0 Å². The molecule has 1 heterocycles. The van der Waals surface area contributed by atoms with Gasteiger partial charge in [0, 0.05) is 10.7 Å². The Morgan fingerprint density at radius 3 is 2.78 bits per heavy atom. The average molecular weight is 265 g/mol. The molecule has 1 aromatic carbocycles. The zero-order valence-corrected chi connectivity index (χ0v) is 11.5. The molecule has 0 saturated carbocycles. The summed E-state index contributed by atoms with van der Waals surface area (Å²) in [5.41, 5.74) is 2.53. The Morgan fingerprint density at radius 2 is 2.11 bits per heavy atom. The van der Waals surface area contributed by atoms with E-state index in [1.54, 1.807) is 0 Å². The van der Waals surface area contributed by atoms with Crippen molar-refractivity contribution in [3.8, 4) is 6.07 Å². The fourth-order valence-electron chi connectivity index (χ4n) is 2.47. The van der Waals surface area contributed by atoms with E-state index in [4.69, 9.17) is 16.9 Å². The minimum atomic E-state index is 0.658. The molecule has 0 aliphatic carbocycles. The van der Waals surface area contributed by atoms with Crippen molar-refractivity contribution in [2.24, 2.45) is 0 Å². The number of halogens is 1. The van der Waals surface area contributed by atoms with Crippen LogP contribution in [0.1, 0.15) is 12.0 Å². The molecule has 1 aliphatic rings. The number of nitriles is 1. The number of aryl methyl sites for hydroxylation is 1. The molecule has 0 bridgehead atoms. The van der Waals surface area contributed by atoms with E-state index in [0.29, 0.717) is 6.42 Å². The summed E-state index contributed by atoms with van der Waals surface area (Å²) in [5.74, 6) is 0. The van der Waals surface area contributed by atoms with Crippen molar-refractivity contribution in [2.75, 3.05) is 37.6 Å². The summed E-state index contributed by atoms with van der Waals surface area (Å²) in [6, 6.07) is 8.29. The van der Waals surface area contributed by atoms with Crippen LogP contribution < -0.4 is 9.80 Å². The Hall–Kier alpha value is -1.24. The zero-order valence-electron chi connectivity index (χ0n) is 10.7. The second-order valence-corrected chi connectivity index (χ2v) is 5.26. The number of hydrogen-bond acceptors (Lipinski definition) is 2.